The normalized spacial score (nSPS) is 20.3. The summed E-state index contributed by atoms with van der Waals surface area (Å²) in [5, 5.41) is 4.18. The summed E-state index contributed by atoms with van der Waals surface area (Å²) in [6.45, 7) is 1.17. The number of nitrogens with zero attached hydrogens (tertiary/aromatic N) is 3. The molecule has 0 fully saturated rings. The first-order valence-electron chi connectivity index (χ1n) is 6.38. The highest BCUT2D eigenvalue weighted by atomic mass is 16.7. The number of aromatic nitrogens is 3. The van der Waals surface area contributed by atoms with Crippen LogP contribution in [0.5, 0.6) is 11.5 Å². The lowest BCUT2D eigenvalue weighted by Crippen LogP contribution is -2.19. The van der Waals surface area contributed by atoms with Gasteiger partial charge in [0.15, 0.2) is 11.5 Å². The molecule has 0 saturated heterocycles. The highest BCUT2D eigenvalue weighted by Gasteiger charge is 2.24. The van der Waals surface area contributed by atoms with Crippen LogP contribution in [0.15, 0.2) is 18.2 Å². The first-order chi connectivity index (χ1) is 9.29. The van der Waals surface area contributed by atoms with E-state index in [4.69, 9.17) is 15.2 Å². The van der Waals surface area contributed by atoms with Crippen molar-refractivity contribution >= 4 is 5.95 Å². The summed E-state index contributed by atoms with van der Waals surface area (Å²) in [6, 6.07) is 6.15. The smallest absolute Gasteiger partial charge is 0.239 e. The van der Waals surface area contributed by atoms with Crippen molar-refractivity contribution in [1.82, 2.24) is 14.8 Å². The van der Waals surface area contributed by atoms with E-state index in [-0.39, 0.29) is 0 Å². The molecule has 0 aliphatic carbocycles. The average Bonchev–Trinajstić information content (AvgIpc) is 3.01. The molecule has 1 aromatic carbocycles. The molecule has 0 radical (unpaired) electrons. The fraction of sp³-hybridized carbons (Fsp3) is 0.385. The fourth-order valence-corrected chi connectivity index (χ4v) is 2.78. The molecule has 6 nitrogen and oxygen atoms in total. The van der Waals surface area contributed by atoms with Crippen molar-refractivity contribution in [3.05, 3.63) is 29.6 Å². The molecule has 2 aliphatic heterocycles. The lowest BCUT2D eigenvalue weighted by Gasteiger charge is -2.22. The monoisotopic (exact) mass is 258 g/mol. The number of nitrogens with two attached hydrogens (primary N) is 1. The maximum absolute atomic E-state index is 5.64. The zero-order valence-electron chi connectivity index (χ0n) is 10.4. The Labute approximate surface area is 110 Å². The van der Waals surface area contributed by atoms with Crippen LogP contribution in [0.25, 0.3) is 0 Å². The predicted octanol–water partition coefficient (Wildman–Crippen LogP) is 1.32. The quantitative estimate of drug-likeness (QED) is 0.835. The number of hydrogen-bond donors (Lipinski definition) is 1. The Bertz CT molecular complexity index is 638. The van der Waals surface area contributed by atoms with Gasteiger partial charge < -0.3 is 15.2 Å². The first-order valence-corrected chi connectivity index (χ1v) is 6.38. The lowest BCUT2D eigenvalue weighted by molar-refractivity contribution is 0.174. The van der Waals surface area contributed by atoms with Crippen LogP contribution in [0.2, 0.25) is 0 Å². The topological polar surface area (TPSA) is 75.2 Å². The van der Waals surface area contributed by atoms with Gasteiger partial charge in [-0.1, -0.05) is 6.07 Å². The summed E-state index contributed by atoms with van der Waals surface area (Å²) >= 11 is 0. The van der Waals surface area contributed by atoms with E-state index < -0.39 is 0 Å². The largest absolute Gasteiger partial charge is 0.454 e. The van der Waals surface area contributed by atoms with Gasteiger partial charge >= 0.3 is 0 Å². The molecule has 2 aliphatic rings. The number of ether oxygens (including phenoxy) is 2. The molecule has 2 N–H and O–H groups in total. The SMILES string of the molecule is Nc1nc2n(n1)CCC(c1ccc3c(c1)OCO3)C2. The molecule has 0 amide bonds. The van der Waals surface area contributed by atoms with Crippen molar-refractivity contribution in [2.75, 3.05) is 12.5 Å². The fourth-order valence-electron chi connectivity index (χ4n) is 2.78. The minimum absolute atomic E-state index is 0.314. The van der Waals surface area contributed by atoms with E-state index in [0.29, 0.717) is 18.7 Å². The second kappa shape index (κ2) is 3.88. The van der Waals surface area contributed by atoms with Crippen molar-refractivity contribution in [3.63, 3.8) is 0 Å². The molecule has 19 heavy (non-hydrogen) atoms. The van der Waals surface area contributed by atoms with Crippen LogP contribution in [0.4, 0.5) is 5.95 Å². The summed E-state index contributed by atoms with van der Waals surface area (Å²) in [4.78, 5) is 4.27. The van der Waals surface area contributed by atoms with Crippen LogP contribution in [-0.4, -0.2) is 21.6 Å². The number of nitrogen functional groups attached to an aromatic ring is 1. The van der Waals surface area contributed by atoms with Crippen LogP contribution in [0.1, 0.15) is 23.7 Å². The third-order valence-corrected chi connectivity index (χ3v) is 3.75. The standard InChI is InChI=1S/C13H14N4O2/c14-13-15-12-6-9(3-4-17(12)16-13)8-1-2-10-11(5-8)19-7-18-10/h1-2,5,9H,3-4,6-7H2,(H2,14,16). The third-order valence-electron chi connectivity index (χ3n) is 3.75. The molecule has 1 aromatic heterocycles. The summed E-state index contributed by atoms with van der Waals surface area (Å²) in [7, 11) is 0. The van der Waals surface area contributed by atoms with E-state index in [1.165, 1.54) is 5.56 Å². The minimum Gasteiger partial charge on any atom is -0.454 e. The average molecular weight is 258 g/mol. The van der Waals surface area contributed by atoms with E-state index in [0.717, 1.165) is 36.7 Å². The molecule has 2 aromatic rings. The lowest BCUT2D eigenvalue weighted by atomic mass is 9.90. The van der Waals surface area contributed by atoms with Gasteiger partial charge in [-0.05, 0) is 30.0 Å². The number of aryl methyl sites for hydroxylation is 1. The van der Waals surface area contributed by atoms with Gasteiger partial charge in [0.2, 0.25) is 12.7 Å². The van der Waals surface area contributed by atoms with E-state index in [1.807, 2.05) is 10.7 Å². The molecule has 1 unspecified atom stereocenters. The van der Waals surface area contributed by atoms with Gasteiger partial charge in [0.05, 0.1) is 0 Å². The van der Waals surface area contributed by atoms with Gasteiger partial charge in [-0.3, -0.25) is 0 Å². The zero-order chi connectivity index (χ0) is 12.8. The van der Waals surface area contributed by atoms with Crippen LogP contribution in [0.3, 0.4) is 0 Å². The number of anilines is 1. The van der Waals surface area contributed by atoms with E-state index in [2.05, 4.69) is 22.2 Å². The molecule has 0 bridgehead atoms. The van der Waals surface area contributed by atoms with Crippen LogP contribution >= 0.6 is 0 Å². The number of hydrogen-bond acceptors (Lipinski definition) is 5. The van der Waals surface area contributed by atoms with Gasteiger partial charge in [0.1, 0.15) is 5.82 Å². The van der Waals surface area contributed by atoms with E-state index in [1.54, 1.807) is 0 Å². The van der Waals surface area contributed by atoms with E-state index >= 15 is 0 Å². The maximum atomic E-state index is 5.64. The molecule has 6 heteroatoms. The number of benzene rings is 1. The molecular weight excluding hydrogens is 244 g/mol. The second-order valence-corrected chi connectivity index (χ2v) is 4.91. The molecule has 0 spiro atoms. The Hall–Kier alpha value is -2.24. The highest BCUT2D eigenvalue weighted by molar-refractivity contribution is 5.45. The molecule has 3 heterocycles. The molecule has 1 atom stereocenters. The number of rotatable bonds is 1. The van der Waals surface area contributed by atoms with Crippen molar-refractivity contribution in [3.8, 4) is 11.5 Å². The van der Waals surface area contributed by atoms with Crippen LogP contribution in [-0.2, 0) is 13.0 Å². The Morgan fingerprint density at radius 2 is 2.16 bits per heavy atom. The minimum atomic E-state index is 0.314. The molecule has 0 saturated carbocycles. The van der Waals surface area contributed by atoms with Crippen molar-refractivity contribution in [2.24, 2.45) is 0 Å². The Kier molecular flexibility index (Phi) is 2.18. The second-order valence-electron chi connectivity index (χ2n) is 4.91. The predicted molar refractivity (Wildman–Crippen MR) is 68.1 cm³/mol. The summed E-state index contributed by atoms with van der Waals surface area (Å²) in [5.41, 5.74) is 6.90. The van der Waals surface area contributed by atoms with Gasteiger partial charge in [-0.25, -0.2) is 4.68 Å². The first kappa shape index (κ1) is 10.7. The van der Waals surface area contributed by atoms with Gasteiger partial charge in [0.25, 0.3) is 0 Å². The van der Waals surface area contributed by atoms with E-state index in [9.17, 15) is 0 Å². The maximum Gasteiger partial charge on any atom is 0.239 e. The van der Waals surface area contributed by atoms with Crippen molar-refractivity contribution < 1.29 is 9.47 Å². The van der Waals surface area contributed by atoms with Gasteiger partial charge in [-0.2, -0.15) is 4.98 Å². The van der Waals surface area contributed by atoms with Crippen LogP contribution < -0.4 is 15.2 Å². The van der Waals surface area contributed by atoms with Gasteiger partial charge in [-0.15, -0.1) is 5.10 Å². The third kappa shape index (κ3) is 1.71. The molecule has 4 rings (SSSR count). The Morgan fingerprint density at radius 3 is 3.11 bits per heavy atom. The van der Waals surface area contributed by atoms with Crippen LogP contribution in [0, 0.1) is 0 Å². The van der Waals surface area contributed by atoms with Crippen molar-refractivity contribution in [2.45, 2.75) is 25.3 Å². The van der Waals surface area contributed by atoms with Crippen molar-refractivity contribution in [1.29, 1.82) is 0 Å². The summed E-state index contributed by atoms with van der Waals surface area (Å²) < 4.78 is 12.7. The Morgan fingerprint density at radius 1 is 1.26 bits per heavy atom. The molecule has 98 valence electrons. The molecular formula is C13H14N4O2. The Balaban J connectivity index is 1.64. The van der Waals surface area contributed by atoms with Gasteiger partial charge in [0, 0.05) is 13.0 Å². The highest BCUT2D eigenvalue weighted by Crippen LogP contribution is 2.37. The zero-order valence-corrected chi connectivity index (χ0v) is 10.4. The summed E-state index contributed by atoms with van der Waals surface area (Å²) in [6.07, 6.45) is 1.90. The number of fused-ring (bicyclic) bond motifs is 2. The summed E-state index contributed by atoms with van der Waals surface area (Å²) in [5.74, 6) is 3.43.